The summed E-state index contributed by atoms with van der Waals surface area (Å²) >= 11 is 0. The van der Waals surface area contributed by atoms with Gasteiger partial charge >= 0.3 is 0 Å². The fraction of sp³-hybridized carbons (Fsp3) is 0.250. The number of benzene rings is 8. The van der Waals surface area contributed by atoms with Crippen LogP contribution in [-0.4, -0.2) is 116 Å². The molecular formula is C64H64O22. The highest BCUT2D eigenvalue weighted by Crippen LogP contribution is 2.48. The van der Waals surface area contributed by atoms with E-state index in [1.807, 2.05) is 0 Å². The molecule has 0 fully saturated rings. The highest BCUT2D eigenvalue weighted by molar-refractivity contribution is 5.57. The van der Waals surface area contributed by atoms with Crippen molar-refractivity contribution in [3.63, 3.8) is 0 Å². The summed E-state index contributed by atoms with van der Waals surface area (Å²) < 4.78 is 22.8. The van der Waals surface area contributed by atoms with Crippen molar-refractivity contribution >= 4 is 0 Å². The van der Waals surface area contributed by atoms with Crippen LogP contribution in [0.5, 0.6) is 103 Å². The van der Waals surface area contributed by atoms with Gasteiger partial charge in [0, 0.05) is 96.5 Å². The highest BCUT2D eigenvalue weighted by atomic mass is 16.5. The third kappa shape index (κ3) is 12.7. The van der Waals surface area contributed by atoms with Crippen LogP contribution in [0.25, 0.3) is 0 Å². The Bertz CT molecular complexity index is 3570. The first-order valence-electron chi connectivity index (χ1n) is 26.9. The number of hydrogen-bond donors (Lipinski definition) is 18. The smallest absolute Gasteiger partial charge is 0.160 e. The number of aliphatic hydroxyl groups is 4. The Balaban J connectivity index is 0.000000137. The van der Waals surface area contributed by atoms with Crippen molar-refractivity contribution in [1.29, 1.82) is 0 Å². The Morgan fingerprint density at radius 3 is 0.756 bits per heavy atom. The minimum atomic E-state index is -0.939. The molecule has 4 aliphatic heterocycles. The molecule has 8 aromatic rings. The fourth-order valence-electron chi connectivity index (χ4n) is 10.5. The molecule has 22 heteroatoms. The van der Waals surface area contributed by atoms with Gasteiger partial charge in [-0.1, -0.05) is 24.3 Å². The number of hydrogen-bond acceptors (Lipinski definition) is 22. The molecule has 4 heterocycles. The molecule has 0 spiro atoms. The topological polar surface area (TPSA) is 401 Å². The number of aliphatic hydroxyl groups excluding tert-OH is 4. The molecule has 0 saturated carbocycles. The molecule has 4 aliphatic rings. The van der Waals surface area contributed by atoms with Crippen LogP contribution in [0.3, 0.4) is 0 Å². The third-order valence-corrected chi connectivity index (χ3v) is 15.1. The van der Waals surface area contributed by atoms with Gasteiger partial charge in [0.15, 0.2) is 23.0 Å². The van der Waals surface area contributed by atoms with Crippen molar-refractivity contribution in [3.05, 3.63) is 176 Å². The standard InChI is InChI=1S/2C16H16O6.2C16H16O5/c2*1-7-2-8(3-12(19)15(7)21)16-13(20)6-10-11(18)4-9(17)5-14(10)22-16;2*1-8-2-3-9(4-12(8)18)16-14(20)7-11-13(19)5-10(17)6-15(11)21-16/h2*2-5,13,16-21H,6H2,1H3;2*2-6,14,16-20H,7H2,1H3/t13-,16+;13-,16-;14-,16+;14-,16-/m0101/s1. The summed E-state index contributed by atoms with van der Waals surface area (Å²) in [6.07, 6.45) is -5.75. The molecule has 0 unspecified atom stereocenters. The number of phenolic OH excluding ortho intramolecular Hbond substituents is 14. The van der Waals surface area contributed by atoms with E-state index in [-0.39, 0.29) is 118 Å². The van der Waals surface area contributed by atoms with E-state index in [4.69, 9.17) is 18.9 Å². The lowest BCUT2D eigenvalue weighted by Gasteiger charge is -2.31. The molecule has 8 aromatic carbocycles. The summed E-state index contributed by atoms with van der Waals surface area (Å²) in [6.45, 7) is 6.81. The van der Waals surface area contributed by atoms with E-state index in [9.17, 15) is 91.9 Å². The third-order valence-electron chi connectivity index (χ3n) is 15.1. The maximum Gasteiger partial charge on any atom is 0.160 e. The van der Waals surface area contributed by atoms with Crippen LogP contribution in [0.4, 0.5) is 0 Å². The number of aromatic hydroxyl groups is 14. The lowest BCUT2D eigenvalue weighted by molar-refractivity contribution is 0.0196. The quantitative estimate of drug-likeness (QED) is 0.0742. The van der Waals surface area contributed by atoms with E-state index in [2.05, 4.69) is 0 Å². The van der Waals surface area contributed by atoms with E-state index < -0.39 is 48.8 Å². The first-order valence-corrected chi connectivity index (χ1v) is 26.9. The summed E-state index contributed by atoms with van der Waals surface area (Å²) in [6, 6.07) is 26.3. The summed E-state index contributed by atoms with van der Waals surface area (Å²) in [5, 5.41) is 177. The summed E-state index contributed by atoms with van der Waals surface area (Å²) in [5.74, 6) is -0.519. The molecule has 0 bridgehead atoms. The van der Waals surface area contributed by atoms with Crippen LogP contribution in [0.1, 0.15) is 91.2 Å². The minimum Gasteiger partial charge on any atom is -0.508 e. The van der Waals surface area contributed by atoms with Crippen LogP contribution < -0.4 is 18.9 Å². The van der Waals surface area contributed by atoms with E-state index >= 15 is 0 Å². The number of phenols is 14. The zero-order valence-corrected chi connectivity index (χ0v) is 46.5. The van der Waals surface area contributed by atoms with Gasteiger partial charge in [0.25, 0.3) is 0 Å². The lowest BCUT2D eigenvalue weighted by Crippen LogP contribution is -2.30. The highest BCUT2D eigenvalue weighted by Gasteiger charge is 2.37. The van der Waals surface area contributed by atoms with Gasteiger partial charge in [0.1, 0.15) is 105 Å². The Hall–Kier alpha value is -10.0. The van der Waals surface area contributed by atoms with Crippen molar-refractivity contribution in [3.8, 4) is 103 Å². The molecular weight excluding hydrogens is 1120 g/mol. The maximum atomic E-state index is 10.3. The minimum absolute atomic E-state index is 0.103. The second-order valence-electron chi connectivity index (χ2n) is 21.5. The molecule has 0 aromatic heterocycles. The Morgan fingerprint density at radius 2 is 0.512 bits per heavy atom. The number of fused-ring (bicyclic) bond motifs is 4. The van der Waals surface area contributed by atoms with Gasteiger partial charge in [0.2, 0.25) is 0 Å². The molecule has 12 rings (SSSR count). The zero-order chi connectivity index (χ0) is 62.3. The second kappa shape index (κ2) is 24.3. The normalized spacial score (nSPS) is 20.5. The van der Waals surface area contributed by atoms with Crippen LogP contribution >= 0.6 is 0 Å². The second-order valence-corrected chi connectivity index (χ2v) is 21.5. The zero-order valence-electron chi connectivity index (χ0n) is 46.5. The molecule has 18 N–H and O–H groups in total. The Kier molecular flexibility index (Phi) is 17.1. The van der Waals surface area contributed by atoms with E-state index in [1.54, 1.807) is 76.2 Å². The van der Waals surface area contributed by atoms with Crippen LogP contribution in [-0.2, 0) is 25.7 Å². The lowest BCUT2D eigenvalue weighted by atomic mass is 9.93. The average Bonchev–Trinajstić information content (AvgIpc) is 1.42. The van der Waals surface area contributed by atoms with Crippen LogP contribution in [0.2, 0.25) is 0 Å². The van der Waals surface area contributed by atoms with Gasteiger partial charge in [-0.15, -0.1) is 0 Å². The van der Waals surface area contributed by atoms with Gasteiger partial charge in [-0.25, -0.2) is 0 Å². The SMILES string of the molecule is Cc1cc([C@H]2Oc3cc(O)cc(O)c3C[C@@H]2O)cc(O)c1O.Cc1cc([C@H]2Oc3cc(O)cc(O)c3C[C@H]2O)cc(O)c1O.Cc1ccc([C@H]2Oc3cc(O)cc(O)c3C[C@@H]2O)cc1O.Cc1ccc([C@H]2Oc3cc(O)cc(O)c3C[C@H]2O)cc1O. The van der Waals surface area contributed by atoms with Crippen molar-refractivity contribution in [2.24, 2.45) is 0 Å². The van der Waals surface area contributed by atoms with Crippen molar-refractivity contribution in [2.45, 2.75) is 102 Å². The Labute approximate surface area is 490 Å². The van der Waals surface area contributed by atoms with Crippen molar-refractivity contribution in [1.82, 2.24) is 0 Å². The maximum absolute atomic E-state index is 10.3. The predicted molar refractivity (Wildman–Crippen MR) is 306 cm³/mol. The molecule has 0 amide bonds. The fourth-order valence-corrected chi connectivity index (χ4v) is 10.5. The van der Waals surface area contributed by atoms with Gasteiger partial charge in [-0.05, 0) is 109 Å². The number of ether oxygens (including phenoxy) is 4. The molecule has 22 nitrogen and oxygen atoms in total. The van der Waals surface area contributed by atoms with Crippen molar-refractivity contribution in [2.75, 3.05) is 0 Å². The van der Waals surface area contributed by atoms with Crippen LogP contribution in [0.15, 0.2) is 109 Å². The van der Waals surface area contributed by atoms with Gasteiger partial charge in [-0.3, -0.25) is 0 Å². The van der Waals surface area contributed by atoms with Crippen molar-refractivity contribution < 1.29 is 111 Å². The number of aryl methyl sites for hydroxylation is 4. The molecule has 0 saturated heterocycles. The molecule has 0 aliphatic carbocycles. The summed E-state index contributed by atoms with van der Waals surface area (Å²) in [4.78, 5) is 0. The summed E-state index contributed by atoms with van der Waals surface area (Å²) in [7, 11) is 0. The molecule has 0 radical (unpaired) electrons. The first-order chi connectivity index (χ1) is 40.6. The molecule has 86 heavy (non-hydrogen) atoms. The van der Waals surface area contributed by atoms with E-state index in [0.29, 0.717) is 67.1 Å². The summed E-state index contributed by atoms with van der Waals surface area (Å²) in [5.41, 5.74) is 6.41. The Morgan fingerprint density at radius 1 is 0.267 bits per heavy atom. The molecule has 452 valence electrons. The van der Waals surface area contributed by atoms with Gasteiger partial charge in [0.05, 0.1) is 24.4 Å². The largest absolute Gasteiger partial charge is 0.508 e. The van der Waals surface area contributed by atoms with E-state index in [1.165, 1.54) is 60.7 Å². The predicted octanol–water partition coefficient (Wildman–Crippen LogP) is 8.01. The first kappa shape index (κ1) is 60.6. The monoisotopic (exact) mass is 1180 g/mol. The van der Waals surface area contributed by atoms with Crippen LogP contribution in [0, 0.1) is 27.7 Å². The van der Waals surface area contributed by atoms with Gasteiger partial charge < -0.3 is 111 Å². The molecule has 8 atom stereocenters. The van der Waals surface area contributed by atoms with E-state index in [0.717, 1.165) is 11.1 Å². The van der Waals surface area contributed by atoms with Gasteiger partial charge in [-0.2, -0.15) is 0 Å². The average molecular weight is 1190 g/mol. The number of rotatable bonds is 4.